The van der Waals surface area contributed by atoms with Gasteiger partial charge in [0.1, 0.15) is 0 Å². The van der Waals surface area contributed by atoms with E-state index >= 15 is 0 Å². The molecule has 0 spiro atoms. The molecule has 10 heteroatoms. The molecule has 10 nitrogen and oxygen atoms in total. The Balaban J connectivity index is 1.10. The Hall–Kier alpha value is -7.85. The first-order valence-corrected chi connectivity index (χ1v) is 19.4. The summed E-state index contributed by atoms with van der Waals surface area (Å²) >= 11 is 0. The van der Waals surface area contributed by atoms with Gasteiger partial charge < -0.3 is 9.80 Å². The molecule has 8 rings (SSSR count). The topological polar surface area (TPSA) is 138 Å². The van der Waals surface area contributed by atoms with Gasteiger partial charge in [-0.25, -0.2) is 0 Å². The van der Waals surface area contributed by atoms with Crippen molar-refractivity contribution in [1.82, 2.24) is 20.4 Å². The molecule has 0 unspecified atom stereocenters. The molecule has 0 amide bonds. The highest BCUT2D eigenvalue weighted by molar-refractivity contribution is 5.87. The molecule has 0 saturated heterocycles. The van der Waals surface area contributed by atoms with E-state index in [1.54, 1.807) is 24.3 Å². The molecular formula is C49H41N6O4+. The molecule has 6 aromatic carbocycles. The average molecular weight is 778 g/mol. The van der Waals surface area contributed by atoms with Crippen molar-refractivity contribution in [2.75, 3.05) is 22.9 Å². The smallest absolute Gasteiger partial charge is 0.270 e. The van der Waals surface area contributed by atoms with Gasteiger partial charge >= 0.3 is 0 Å². The fourth-order valence-electron chi connectivity index (χ4n) is 7.53. The average Bonchev–Trinajstić information content (AvgIpc) is 3.28. The second-order valence-corrected chi connectivity index (χ2v) is 13.9. The van der Waals surface area contributed by atoms with Crippen LogP contribution in [0, 0.1) is 5.92 Å². The first-order valence-electron chi connectivity index (χ1n) is 19.4. The molecule has 0 aliphatic rings. The molecule has 0 radical (unpaired) electrons. The summed E-state index contributed by atoms with van der Waals surface area (Å²) < 4.78 is 0. The van der Waals surface area contributed by atoms with Gasteiger partial charge in [0.25, 0.3) is 22.2 Å². The summed E-state index contributed by atoms with van der Waals surface area (Å²) in [5, 5.41) is 11.0. The number of nitrogens with one attached hydrogen (secondary N) is 4. The van der Waals surface area contributed by atoms with Crippen LogP contribution >= 0.6 is 0 Å². The molecule has 4 N–H and O–H groups in total. The third kappa shape index (κ3) is 7.79. The van der Waals surface area contributed by atoms with Crippen LogP contribution in [0.3, 0.4) is 0 Å². The Bertz CT molecular complexity index is 3060. The van der Waals surface area contributed by atoms with Gasteiger partial charge in [-0.1, -0.05) is 42.5 Å². The van der Waals surface area contributed by atoms with Crippen LogP contribution in [0.4, 0.5) is 22.7 Å². The van der Waals surface area contributed by atoms with Crippen molar-refractivity contribution < 1.29 is 0 Å². The van der Waals surface area contributed by atoms with Crippen molar-refractivity contribution in [2.24, 2.45) is 0 Å². The van der Waals surface area contributed by atoms with Crippen molar-refractivity contribution in [2.45, 2.75) is 13.8 Å². The maximum atomic E-state index is 12.5. The highest BCUT2D eigenvalue weighted by atomic mass is 16.2. The van der Waals surface area contributed by atoms with Crippen LogP contribution in [0.25, 0.3) is 27.1 Å². The van der Waals surface area contributed by atoms with Gasteiger partial charge in [-0.3, -0.25) is 39.6 Å². The number of rotatable bonds is 12. The van der Waals surface area contributed by atoms with Crippen LogP contribution in [0.1, 0.15) is 36.1 Å². The number of benzene rings is 6. The minimum atomic E-state index is -0.344. The van der Waals surface area contributed by atoms with Gasteiger partial charge in [0.05, 0.1) is 44.3 Å². The van der Waals surface area contributed by atoms with Crippen molar-refractivity contribution in [3.05, 3.63) is 233 Å². The standard InChI is InChI=1S/C49H40N6O4/c1-3-54(38-26-28-42-44(30-38)48(58)52-50-46(42)56)36-22-18-34(19-23-36)40(32-12-7-5-8-13-32)16-11-17-41(33-14-9-6-10-15-33)35-20-24-37(25-21-35)55(4-2)39-27-29-43-45(31-39)49(59)53-51-47(43)57/h5-31H,3-4H2,1-2H3,(H3-,50,51,52,53,56,57,58,59)/p+1. The van der Waals surface area contributed by atoms with E-state index in [0.29, 0.717) is 34.6 Å². The second kappa shape index (κ2) is 16.7. The predicted octanol–water partition coefficient (Wildman–Crippen LogP) is 8.72. The lowest BCUT2D eigenvalue weighted by molar-refractivity contribution is 0.974. The summed E-state index contributed by atoms with van der Waals surface area (Å²) in [6.07, 6.45) is 6.36. The van der Waals surface area contributed by atoms with Gasteiger partial charge in [0.15, 0.2) is 0 Å². The van der Waals surface area contributed by atoms with Crippen molar-refractivity contribution in [3.8, 4) is 0 Å². The van der Waals surface area contributed by atoms with E-state index in [-0.39, 0.29) is 22.2 Å². The molecule has 2 heterocycles. The summed E-state index contributed by atoms with van der Waals surface area (Å²) in [7, 11) is 0. The highest BCUT2D eigenvalue weighted by Crippen LogP contribution is 2.33. The minimum Gasteiger partial charge on any atom is -0.342 e. The number of allylic oxidation sites excluding steroid dienone is 3. The summed E-state index contributed by atoms with van der Waals surface area (Å²) in [4.78, 5) is 53.9. The SMILES string of the molecule is CCN(c1ccc(C(=CC=C[C+](c2ccccc2)c2ccc(N(CC)c3ccc4c(=O)[nH][nH]c(=O)c4c3)cc2)c2ccccc2)cc1)c1ccc2c(=O)[nH][nH]c(=O)c2c1. The summed E-state index contributed by atoms with van der Waals surface area (Å²) in [6, 6.07) is 47.9. The number of aromatic nitrogens is 4. The third-order valence-electron chi connectivity index (χ3n) is 10.5. The Morgan fingerprint density at radius 1 is 0.475 bits per heavy atom. The molecule has 0 bridgehead atoms. The van der Waals surface area contributed by atoms with E-state index in [2.05, 4.69) is 121 Å². The van der Waals surface area contributed by atoms with Gasteiger partial charge in [-0.05, 0) is 146 Å². The lowest BCUT2D eigenvalue weighted by Gasteiger charge is -2.24. The van der Waals surface area contributed by atoms with Crippen LogP contribution in [0.2, 0.25) is 0 Å². The molecule has 290 valence electrons. The van der Waals surface area contributed by atoms with Crippen LogP contribution in [-0.4, -0.2) is 33.5 Å². The van der Waals surface area contributed by atoms with Crippen LogP contribution in [0.5, 0.6) is 0 Å². The van der Waals surface area contributed by atoms with Gasteiger partial charge in [0, 0.05) is 36.2 Å². The summed E-state index contributed by atoms with van der Waals surface area (Å²) in [5.41, 5.74) is 7.43. The Kier molecular flexibility index (Phi) is 10.8. The van der Waals surface area contributed by atoms with Crippen molar-refractivity contribution in [1.29, 1.82) is 0 Å². The number of nitrogens with zero attached hydrogens (tertiary/aromatic N) is 2. The number of anilines is 4. The Morgan fingerprint density at radius 3 is 1.37 bits per heavy atom. The largest absolute Gasteiger partial charge is 0.342 e. The van der Waals surface area contributed by atoms with Gasteiger partial charge in [-0.2, -0.15) is 0 Å². The molecule has 0 aliphatic carbocycles. The van der Waals surface area contributed by atoms with Crippen molar-refractivity contribution in [3.63, 3.8) is 0 Å². The zero-order valence-electron chi connectivity index (χ0n) is 32.5. The first-order chi connectivity index (χ1) is 28.8. The number of H-pyrrole nitrogens is 4. The van der Waals surface area contributed by atoms with Crippen LogP contribution < -0.4 is 32.0 Å². The van der Waals surface area contributed by atoms with Gasteiger partial charge in [0.2, 0.25) is 0 Å². The van der Waals surface area contributed by atoms with Crippen LogP contribution in [0.15, 0.2) is 183 Å². The second-order valence-electron chi connectivity index (χ2n) is 13.9. The third-order valence-corrected chi connectivity index (χ3v) is 10.5. The van der Waals surface area contributed by atoms with E-state index in [1.807, 2.05) is 62.4 Å². The first kappa shape index (κ1) is 38.0. The lowest BCUT2D eigenvalue weighted by Crippen LogP contribution is -2.20. The maximum Gasteiger partial charge on any atom is 0.270 e. The molecule has 0 atom stereocenters. The Labute approximate surface area is 339 Å². The monoisotopic (exact) mass is 777 g/mol. The normalized spacial score (nSPS) is 11.7. The molecule has 8 aromatic rings. The fourth-order valence-corrected chi connectivity index (χ4v) is 7.53. The minimum absolute atomic E-state index is 0.336. The fraction of sp³-hybridized carbons (Fsp3) is 0.0816. The predicted molar refractivity (Wildman–Crippen MR) is 239 cm³/mol. The maximum absolute atomic E-state index is 12.5. The van der Waals surface area contributed by atoms with E-state index < -0.39 is 0 Å². The van der Waals surface area contributed by atoms with Crippen molar-refractivity contribution >= 4 is 49.9 Å². The number of aromatic amines is 4. The molecule has 0 saturated carbocycles. The van der Waals surface area contributed by atoms with E-state index in [4.69, 9.17) is 0 Å². The highest BCUT2D eigenvalue weighted by Gasteiger charge is 2.19. The van der Waals surface area contributed by atoms with E-state index in [0.717, 1.165) is 56.5 Å². The molecule has 0 fully saturated rings. The van der Waals surface area contributed by atoms with E-state index in [1.165, 1.54) is 0 Å². The zero-order valence-corrected chi connectivity index (χ0v) is 32.5. The molecule has 59 heavy (non-hydrogen) atoms. The molecule has 2 aromatic heterocycles. The Morgan fingerprint density at radius 2 is 0.881 bits per heavy atom. The summed E-state index contributed by atoms with van der Waals surface area (Å²) in [5.74, 6) is 1.05. The van der Waals surface area contributed by atoms with E-state index in [9.17, 15) is 19.2 Å². The van der Waals surface area contributed by atoms with Crippen LogP contribution in [-0.2, 0) is 0 Å². The summed E-state index contributed by atoms with van der Waals surface area (Å²) in [6.45, 7) is 5.40. The number of hydrogen-bond acceptors (Lipinski definition) is 6. The number of fused-ring (bicyclic) bond motifs is 2. The quantitative estimate of drug-likeness (QED) is 0.0724. The lowest BCUT2D eigenvalue weighted by atomic mass is 9.90. The number of hydrogen-bond donors (Lipinski definition) is 4. The van der Waals surface area contributed by atoms with Gasteiger partial charge in [-0.15, -0.1) is 0 Å². The molecular weight excluding hydrogens is 737 g/mol. The molecule has 0 aliphatic heterocycles. The zero-order chi connectivity index (χ0) is 40.9.